The van der Waals surface area contributed by atoms with Gasteiger partial charge in [-0.05, 0) is 30.2 Å². The topological polar surface area (TPSA) is 99.2 Å². The summed E-state index contributed by atoms with van der Waals surface area (Å²) >= 11 is 7.12. The minimum Gasteiger partial charge on any atom is -0.465 e. The zero-order chi connectivity index (χ0) is 26.1. The molecule has 0 radical (unpaired) electrons. The second-order valence-electron chi connectivity index (χ2n) is 8.58. The van der Waals surface area contributed by atoms with E-state index in [4.69, 9.17) is 16.3 Å². The lowest BCUT2D eigenvalue weighted by Crippen LogP contribution is -2.35. The summed E-state index contributed by atoms with van der Waals surface area (Å²) in [4.78, 5) is 22.0. The van der Waals surface area contributed by atoms with E-state index in [0.29, 0.717) is 36.9 Å². The molecule has 0 saturated heterocycles. The summed E-state index contributed by atoms with van der Waals surface area (Å²) in [5.41, 5.74) is 1.90. The van der Waals surface area contributed by atoms with Crippen LogP contribution in [0.15, 0.2) is 36.7 Å². The third kappa shape index (κ3) is 3.89. The second kappa shape index (κ2) is 8.42. The van der Waals surface area contributed by atoms with Crippen LogP contribution in [-0.2, 0) is 4.74 Å². The normalized spacial score (nSPS) is 17.7. The zero-order valence-corrected chi connectivity index (χ0v) is 20.8. The molecule has 1 aliphatic heterocycles. The predicted molar refractivity (Wildman–Crippen MR) is 131 cm³/mol. The van der Waals surface area contributed by atoms with Gasteiger partial charge in [-0.1, -0.05) is 23.7 Å². The molecule has 0 fully saturated rings. The van der Waals surface area contributed by atoms with E-state index in [1.807, 2.05) is 0 Å². The van der Waals surface area contributed by atoms with Gasteiger partial charge in [0.25, 0.3) is 0 Å². The summed E-state index contributed by atoms with van der Waals surface area (Å²) in [6.07, 6.45) is -3.33. The highest BCUT2D eigenvalue weighted by atomic mass is 35.5. The highest BCUT2D eigenvalue weighted by Gasteiger charge is 2.46. The van der Waals surface area contributed by atoms with Crippen LogP contribution >= 0.6 is 22.9 Å². The van der Waals surface area contributed by atoms with E-state index in [1.54, 1.807) is 31.2 Å². The Bertz CT molecular complexity index is 1680. The Balaban J connectivity index is 1.44. The monoisotopic (exact) mass is 547 g/mol. The van der Waals surface area contributed by atoms with Crippen LogP contribution < -0.4 is 5.32 Å². The van der Waals surface area contributed by atoms with Crippen LogP contribution in [0.4, 0.5) is 19.0 Å². The van der Waals surface area contributed by atoms with Crippen molar-refractivity contribution in [2.75, 3.05) is 12.4 Å². The fourth-order valence-corrected chi connectivity index (χ4v) is 5.71. The molecule has 6 rings (SSSR count). The summed E-state index contributed by atoms with van der Waals surface area (Å²) in [5.74, 6) is -0.155. The van der Waals surface area contributed by atoms with Crippen molar-refractivity contribution in [3.05, 3.63) is 57.7 Å². The summed E-state index contributed by atoms with van der Waals surface area (Å²) in [5, 5.41) is 12.9. The second-order valence-corrected chi connectivity index (χ2v) is 10.0. The largest absolute Gasteiger partial charge is 0.465 e. The Morgan fingerprint density at radius 2 is 2.00 bits per heavy atom. The highest BCUT2D eigenvalue weighted by Crippen LogP contribution is 2.44. The lowest BCUT2D eigenvalue weighted by molar-refractivity contribution is -0.173. The molecule has 2 atom stereocenters. The maximum absolute atomic E-state index is 14.1. The Labute approximate surface area is 215 Å². The zero-order valence-electron chi connectivity index (χ0n) is 19.2. The lowest BCUT2D eigenvalue weighted by atomic mass is 9.97. The van der Waals surface area contributed by atoms with Gasteiger partial charge < -0.3 is 10.1 Å². The molecule has 0 unspecified atom stereocenters. The molecule has 0 saturated carbocycles. The number of halogens is 4. The van der Waals surface area contributed by atoms with E-state index in [0.717, 1.165) is 4.68 Å². The van der Waals surface area contributed by atoms with Crippen molar-refractivity contribution in [1.82, 2.24) is 29.4 Å². The summed E-state index contributed by atoms with van der Waals surface area (Å²) in [7, 11) is 1.30. The third-order valence-corrected chi connectivity index (χ3v) is 7.76. The number of benzene rings is 1. The Morgan fingerprint density at radius 1 is 1.24 bits per heavy atom. The molecule has 37 heavy (non-hydrogen) atoms. The molecular formula is C23H17ClF3N7O2S. The van der Waals surface area contributed by atoms with Crippen LogP contribution in [0.25, 0.3) is 27.4 Å². The van der Waals surface area contributed by atoms with Gasteiger partial charge in [-0.3, -0.25) is 0 Å². The number of anilines is 1. The Kier molecular flexibility index (Phi) is 5.38. The van der Waals surface area contributed by atoms with Gasteiger partial charge in [-0.2, -0.15) is 18.3 Å². The van der Waals surface area contributed by atoms with Gasteiger partial charge in [0.2, 0.25) is 5.82 Å². The fraction of sp³-hybridized carbons (Fsp3) is 0.261. The van der Waals surface area contributed by atoms with Crippen LogP contribution in [0.3, 0.4) is 0 Å². The number of nitrogens with one attached hydrogen (secondary N) is 1. The molecule has 1 aromatic carbocycles. The molecule has 5 heterocycles. The number of thiophene rings is 1. The number of fused-ring (bicyclic) bond motifs is 4. The summed E-state index contributed by atoms with van der Waals surface area (Å²) in [6.45, 7) is 1.76. The standard InChI is InChI=1S/C23H17ClF3N7O2S/c1-10-17-20-30-19(32-33(20)9-28-21(17)37-18(10)22(35)36-2)14-8-16-29-13(11-3-5-12(24)6-4-11)7-15(23(25,26)27)34(16)31-14/h3-6,8-9,13,15,29H,7H2,1-2H3/t13-,15-/m0/s1. The van der Waals surface area contributed by atoms with Crippen LogP contribution in [0.1, 0.15) is 39.3 Å². The molecule has 1 N–H and O–H groups in total. The number of nitrogens with zero attached hydrogens (tertiary/aromatic N) is 6. The molecule has 14 heteroatoms. The number of alkyl halides is 3. The lowest BCUT2D eigenvalue weighted by Gasteiger charge is -2.33. The van der Waals surface area contributed by atoms with Gasteiger partial charge >= 0.3 is 12.1 Å². The number of carbonyl (C=O) groups excluding carboxylic acids is 1. The number of aromatic nitrogens is 6. The number of methoxy groups -OCH3 is 1. The molecule has 0 amide bonds. The van der Waals surface area contributed by atoms with Gasteiger partial charge in [-0.25, -0.2) is 24.0 Å². The van der Waals surface area contributed by atoms with Crippen molar-refractivity contribution >= 4 is 50.6 Å². The van der Waals surface area contributed by atoms with Gasteiger partial charge in [0.15, 0.2) is 11.7 Å². The van der Waals surface area contributed by atoms with E-state index in [2.05, 4.69) is 25.5 Å². The summed E-state index contributed by atoms with van der Waals surface area (Å²) in [6, 6.07) is 5.76. The SMILES string of the molecule is COC(=O)c1sc2ncn3nc(-c4cc5n(n4)[C@H](C(F)(F)F)C[C@@H](c4ccc(Cl)cc4)N5)nc3c2c1C. The van der Waals surface area contributed by atoms with Gasteiger partial charge in [-0.15, -0.1) is 16.4 Å². The number of esters is 1. The van der Waals surface area contributed by atoms with E-state index in [-0.39, 0.29) is 23.8 Å². The molecular weight excluding hydrogens is 531 g/mol. The first-order valence-corrected chi connectivity index (χ1v) is 12.2. The number of carbonyl (C=O) groups is 1. The molecule has 0 aliphatic carbocycles. The van der Waals surface area contributed by atoms with Gasteiger partial charge in [0.1, 0.15) is 27.5 Å². The smallest absolute Gasteiger partial charge is 0.410 e. The molecule has 0 spiro atoms. The van der Waals surface area contributed by atoms with E-state index in [1.165, 1.54) is 35.4 Å². The molecule has 9 nitrogen and oxygen atoms in total. The first kappa shape index (κ1) is 23.7. The first-order chi connectivity index (χ1) is 17.6. The highest BCUT2D eigenvalue weighted by molar-refractivity contribution is 7.20. The Morgan fingerprint density at radius 3 is 2.70 bits per heavy atom. The maximum atomic E-state index is 14.1. The molecule has 5 aromatic rings. The van der Waals surface area contributed by atoms with Crippen LogP contribution in [-0.4, -0.2) is 48.6 Å². The van der Waals surface area contributed by atoms with Crippen molar-refractivity contribution in [2.24, 2.45) is 0 Å². The van der Waals surface area contributed by atoms with Crippen molar-refractivity contribution in [2.45, 2.75) is 31.6 Å². The number of ether oxygens (including phenoxy) is 1. The number of aryl methyl sites for hydroxylation is 1. The average molecular weight is 548 g/mol. The number of hydrogen-bond donors (Lipinski definition) is 1. The van der Waals surface area contributed by atoms with Crippen molar-refractivity contribution in [1.29, 1.82) is 0 Å². The molecule has 1 aliphatic rings. The van der Waals surface area contributed by atoms with Crippen molar-refractivity contribution in [3.8, 4) is 11.5 Å². The van der Waals surface area contributed by atoms with Gasteiger partial charge in [0, 0.05) is 17.5 Å². The van der Waals surface area contributed by atoms with E-state index in [9.17, 15) is 18.0 Å². The molecule has 4 aromatic heterocycles. The minimum absolute atomic E-state index is 0.132. The first-order valence-electron chi connectivity index (χ1n) is 11.1. The maximum Gasteiger partial charge on any atom is 0.410 e. The van der Waals surface area contributed by atoms with Crippen molar-refractivity contribution in [3.63, 3.8) is 0 Å². The van der Waals surface area contributed by atoms with Crippen LogP contribution in [0, 0.1) is 6.92 Å². The Hall–Kier alpha value is -3.71. The van der Waals surface area contributed by atoms with Gasteiger partial charge in [0.05, 0.1) is 18.5 Å². The quantitative estimate of drug-likeness (QED) is 0.293. The molecule has 190 valence electrons. The van der Waals surface area contributed by atoms with E-state index < -0.39 is 24.2 Å². The van der Waals surface area contributed by atoms with E-state index >= 15 is 0 Å². The van der Waals surface area contributed by atoms with Crippen molar-refractivity contribution < 1.29 is 22.7 Å². The predicted octanol–water partition coefficient (Wildman–Crippen LogP) is 5.61. The van der Waals surface area contributed by atoms with Crippen LogP contribution in [0.5, 0.6) is 0 Å². The third-order valence-electron chi connectivity index (χ3n) is 6.33. The summed E-state index contributed by atoms with van der Waals surface area (Å²) < 4.78 is 49.4. The average Bonchev–Trinajstić information content (AvgIpc) is 3.57. The van der Waals surface area contributed by atoms with Crippen LogP contribution in [0.2, 0.25) is 5.02 Å². The molecule has 0 bridgehead atoms. The minimum atomic E-state index is -4.52. The number of rotatable bonds is 3. The fourth-order valence-electron chi connectivity index (χ4n) is 4.53. The number of hydrogen-bond acceptors (Lipinski definition) is 8.